The number of halogens is 1. The quantitative estimate of drug-likeness (QED) is 0.227. The molecule has 2 aromatic rings. The Bertz CT molecular complexity index is 803. The molecular formula is C22H34IN5O2. The highest BCUT2D eigenvalue weighted by atomic mass is 127. The lowest BCUT2D eigenvalue weighted by atomic mass is 10.1. The minimum Gasteiger partial charge on any atom is -0.379 e. The van der Waals surface area contributed by atoms with Crippen LogP contribution in [-0.2, 0) is 16.0 Å². The van der Waals surface area contributed by atoms with Crippen LogP contribution in [0.1, 0.15) is 36.2 Å². The van der Waals surface area contributed by atoms with Crippen molar-refractivity contribution in [3.05, 3.63) is 47.3 Å². The third-order valence-electron chi connectivity index (χ3n) is 4.98. The Labute approximate surface area is 196 Å². The molecule has 2 N–H and O–H groups in total. The van der Waals surface area contributed by atoms with Gasteiger partial charge in [-0.05, 0) is 50.8 Å². The summed E-state index contributed by atoms with van der Waals surface area (Å²) in [6.07, 6.45) is 3.49. The number of benzene rings is 1. The van der Waals surface area contributed by atoms with E-state index in [1.54, 1.807) is 7.05 Å². The number of nitrogens with one attached hydrogen (secondary N) is 2. The summed E-state index contributed by atoms with van der Waals surface area (Å²) in [5.41, 5.74) is 4.40. The molecule has 7 nitrogen and oxygen atoms in total. The first-order valence-corrected chi connectivity index (χ1v) is 10.4. The van der Waals surface area contributed by atoms with Gasteiger partial charge in [-0.15, -0.1) is 24.0 Å². The lowest BCUT2D eigenvalue weighted by Gasteiger charge is -2.15. The zero-order valence-electron chi connectivity index (χ0n) is 18.2. The summed E-state index contributed by atoms with van der Waals surface area (Å²) in [5, 5.41) is 11.4. The Morgan fingerprint density at radius 3 is 2.83 bits per heavy atom. The molecule has 8 heteroatoms. The monoisotopic (exact) mass is 527 g/mol. The van der Waals surface area contributed by atoms with E-state index in [4.69, 9.17) is 9.47 Å². The molecule has 1 aromatic carbocycles. The highest BCUT2D eigenvalue weighted by Gasteiger charge is 2.15. The molecule has 3 rings (SSSR count). The van der Waals surface area contributed by atoms with Crippen LogP contribution in [0.3, 0.4) is 0 Å². The second-order valence-corrected chi connectivity index (χ2v) is 7.38. The smallest absolute Gasteiger partial charge is 0.191 e. The fourth-order valence-electron chi connectivity index (χ4n) is 3.51. The van der Waals surface area contributed by atoms with E-state index in [9.17, 15) is 0 Å². The summed E-state index contributed by atoms with van der Waals surface area (Å²) in [6.45, 7) is 7.88. The van der Waals surface area contributed by atoms with Gasteiger partial charge in [-0.2, -0.15) is 5.10 Å². The summed E-state index contributed by atoms with van der Waals surface area (Å²) in [4.78, 5) is 4.32. The van der Waals surface area contributed by atoms with Crippen molar-refractivity contribution in [1.29, 1.82) is 0 Å². The summed E-state index contributed by atoms with van der Waals surface area (Å²) >= 11 is 0. The van der Waals surface area contributed by atoms with Crippen molar-refractivity contribution in [3.8, 4) is 5.69 Å². The standard InChI is InChI=1S/C22H33N5O2.HI/c1-17-14-18(2)27(26-17)21-10-5-4-8-19(21)15-25-22(23-3)24-11-7-12-28-16-20-9-6-13-29-20;/h4-5,8,10,14,20H,6-7,9,11-13,15-16H2,1-3H3,(H2,23,24,25);1H. The minimum atomic E-state index is 0. The average molecular weight is 527 g/mol. The van der Waals surface area contributed by atoms with Crippen molar-refractivity contribution in [2.24, 2.45) is 4.99 Å². The van der Waals surface area contributed by atoms with Crippen molar-refractivity contribution in [2.45, 2.75) is 45.8 Å². The number of aryl methyl sites for hydroxylation is 2. The van der Waals surface area contributed by atoms with Gasteiger partial charge in [0.1, 0.15) is 0 Å². The molecule has 0 saturated carbocycles. The lowest BCUT2D eigenvalue weighted by molar-refractivity contribution is 0.0168. The summed E-state index contributed by atoms with van der Waals surface area (Å²) in [7, 11) is 1.79. The molecule has 2 heterocycles. The number of ether oxygens (including phenoxy) is 2. The number of para-hydroxylation sites is 1. The van der Waals surface area contributed by atoms with Gasteiger partial charge in [0.05, 0.1) is 24.1 Å². The topological polar surface area (TPSA) is 72.7 Å². The van der Waals surface area contributed by atoms with Gasteiger partial charge < -0.3 is 20.1 Å². The minimum absolute atomic E-state index is 0. The van der Waals surface area contributed by atoms with Gasteiger partial charge in [0, 0.05) is 39.0 Å². The lowest BCUT2D eigenvalue weighted by Crippen LogP contribution is -2.37. The van der Waals surface area contributed by atoms with Crippen LogP contribution in [0.5, 0.6) is 0 Å². The van der Waals surface area contributed by atoms with Crippen LogP contribution in [0.4, 0.5) is 0 Å². The largest absolute Gasteiger partial charge is 0.379 e. The molecule has 1 atom stereocenters. The van der Waals surface area contributed by atoms with E-state index in [-0.39, 0.29) is 24.0 Å². The van der Waals surface area contributed by atoms with E-state index >= 15 is 0 Å². The van der Waals surface area contributed by atoms with Crippen LogP contribution >= 0.6 is 24.0 Å². The zero-order chi connectivity index (χ0) is 20.5. The summed E-state index contributed by atoms with van der Waals surface area (Å²) in [5.74, 6) is 0.785. The van der Waals surface area contributed by atoms with E-state index in [1.807, 2.05) is 23.7 Å². The van der Waals surface area contributed by atoms with Crippen LogP contribution in [0.25, 0.3) is 5.69 Å². The highest BCUT2D eigenvalue weighted by Crippen LogP contribution is 2.17. The number of aromatic nitrogens is 2. The second-order valence-electron chi connectivity index (χ2n) is 7.38. The van der Waals surface area contributed by atoms with Gasteiger partial charge in [0.2, 0.25) is 0 Å². The van der Waals surface area contributed by atoms with E-state index in [1.165, 1.54) is 5.56 Å². The van der Waals surface area contributed by atoms with Crippen molar-refractivity contribution < 1.29 is 9.47 Å². The maximum Gasteiger partial charge on any atom is 0.191 e. The third-order valence-corrected chi connectivity index (χ3v) is 4.98. The molecule has 0 aliphatic carbocycles. The van der Waals surface area contributed by atoms with Crippen LogP contribution in [0.15, 0.2) is 35.3 Å². The van der Waals surface area contributed by atoms with Crippen molar-refractivity contribution in [3.63, 3.8) is 0 Å². The molecule has 1 aliphatic rings. The van der Waals surface area contributed by atoms with E-state index < -0.39 is 0 Å². The van der Waals surface area contributed by atoms with Gasteiger partial charge in [-0.1, -0.05) is 18.2 Å². The second kappa shape index (κ2) is 12.9. The van der Waals surface area contributed by atoms with Gasteiger partial charge in [0.15, 0.2) is 5.96 Å². The van der Waals surface area contributed by atoms with Gasteiger partial charge in [-0.25, -0.2) is 4.68 Å². The maximum absolute atomic E-state index is 5.71. The predicted molar refractivity (Wildman–Crippen MR) is 131 cm³/mol. The SMILES string of the molecule is CN=C(NCCCOCC1CCCO1)NCc1ccccc1-n1nc(C)cc1C.I. The third kappa shape index (κ3) is 7.24. The van der Waals surface area contributed by atoms with Gasteiger partial charge in [0.25, 0.3) is 0 Å². The first-order chi connectivity index (χ1) is 14.2. The highest BCUT2D eigenvalue weighted by molar-refractivity contribution is 14.0. The summed E-state index contributed by atoms with van der Waals surface area (Å²) < 4.78 is 13.3. The van der Waals surface area contributed by atoms with E-state index in [0.29, 0.717) is 19.3 Å². The van der Waals surface area contributed by atoms with Crippen LogP contribution in [-0.4, -0.2) is 55.3 Å². The maximum atomic E-state index is 5.71. The predicted octanol–water partition coefficient (Wildman–Crippen LogP) is 3.36. The molecule has 1 aliphatic heterocycles. The number of hydrogen-bond donors (Lipinski definition) is 2. The van der Waals surface area contributed by atoms with E-state index in [0.717, 1.165) is 62.1 Å². The average Bonchev–Trinajstić information content (AvgIpc) is 3.36. The van der Waals surface area contributed by atoms with Gasteiger partial charge in [-0.3, -0.25) is 4.99 Å². The fourth-order valence-corrected chi connectivity index (χ4v) is 3.51. The zero-order valence-corrected chi connectivity index (χ0v) is 20.5. The van der Waals surface area contributed by atoms with Crippen molar-refractivity contribution in [2.75, 3.05) is 33.4 Å². The van der Waals surface area contributed by atoms with E-state index in [2.05, 4.69) is 45.8 Å². The number of nitrogens with zero attached hydrogens (tertiary/aromatic N) is 3. The van der Waals surface area contributed by atoms with Crippen molar-refractivity contribution in [1.82, 2.24) is 20.4 Å². The molecule has 166 valence electrons. The number of guanidine groups is 1. The molecule has 1 unspecified atom stereocenters. The molecule has 30 heavy (non-hydrogen) atoms. The normalized spacial score (nSPS) is 16.4. The molecule has 1 saturated heterocycles. The molecule has 0 bridgehead atoms. The molecule has 1 fully saturated rings. The number of rotatable bonds is 9. The molecule has 1 aromatic heterocycles. The first kappa shape index (κ1) is 24.6. The first-order valence-electron chi connectivity index (χ1n) is 10.4. The Balaban J connectivity index is 0.00000320. The Kier molecular flexibility index (Phi) is 10.6. The van der Waals surface area contributed by atoms with Crippen LogP contribution < -0.4 is 10.6 Å². The Morgan fingerprint density at radius 2 is 2.13 bits per heavy atom. The molecular weight excluding hydrogens is 493 g/mol. The van der Waals surface area contributed by atoms with Crippen molar-refractivity contribution >= 4 is 29.9 Å². The Morgan fingerprint density at radius 1 is 1.30 bits per heavy atom. The molecule has 0 amide bonds. The number of aliphatic imine (C=N–C) groups is 1. The molecule has 0 radical (unpaired) electrons. The van der Waals surface area contributed by atoms with Crippen LogP contribution in [0, 0.1) is 13.8 Å². The summed E-state index contributed by atoms with van der Waals surface area (Å²) in [6, 6.07) is 10.4. The molecule has 0 spiro atoms. The number of hydrogen-bond acceptors (Lipinski definition) is 4. The van der Waals surface area contributed by atoms with Crippen LogP contribution in [0.2, 0.25) is 0 Å². The van der Waals surface area contributed by atoms with Gasteiger partial charge >= 0.3 is 0 Å². The fraction of sp³-hybridized carbons (Fsp3) is 0.545. The Hall–Kier alpha value is -1.65.